The Morgan fingerprint density at radius 1 is 1.33 bits per heavy atom. The van der Waals surface area contributed by atoms with Crippen LogP contribution in [0.2, 0.25) is 0 Å². The summed E-state index contributed by atoms with van der Waals surface area (Å²) in [5.74, 6) is 1.26. The van der Waals surface area contributed by atoms with Gasteiger partial charge in [0.25, 0.3) is 0 Å². The topological polar surface area (TPSA) is 26.3 Å². The molecule has 80 valence electrons. The van der Waals surface area contributed by atoms with Gasteiger partial charge in [-0.05, 0) is 42.5 Å². The molecule has 0 saturated heterocycles. The van der Waals surface area contributed by atoms with Gasteiger partial charge in [0, 0.05) is 5.56 Å². The minimum Gasteiger partial charge on any atom is -0.490 e. The first-order chi connectivity index (χ1) is 7.19. The maximum atomic E-state index is 10.8. The molecule has 1 aromatic carbocycles. The first-order valence-corrected chi connectivity index (χ1v) is 5.46. The molecule has 1 fully saturated rings. The van der Waals surface area contributed by atoms with Crippen LogP contribution in [0, 0.1) is 0 Å². The highest BCUT2D eigenvalue weighted by Gasteiger charge is 2.23. The van der Waals surface area contributed by atoms with Crippen molar-refractivity contribution < 1.29 is 9.53 Å². The number of hydrogen-bond acceptors (Lipinski definition) is 2. The Morgan fingerprint density at radius 3 is 2.60 bits per heavy atom. The summed E-state index contributed by atoms with van der Waals surface area (Å²) in [6.45, 7) is 4.23. The molecular weight excluding hydrogens is 188 g/mol. The zero-order valence-corrected chi connectivity index (χ0v) is 9.19. The molecule has 1 aliphatic rings. The van der Waals surface area contributed by atoms with Crippen molar-refractivity contribution >= 4 is 6.29 Å². The van der Waals surface area contributed by atoms with Crippen molar-refractivity contribution in [2.75, 3.05) is 0 Å². The van der Waals surface area contributed by atoms with E-state index in [2.05, 4.69) is 13.8 Å². The van der Waals surface area contributed by atoms with Gasteiger partial charge in [0.15, 0.2) is 0 Å². The van der Waals surface area contributed by atoms with Crippen LogP contribution in [0.5, 0.6) is 5.75 Å². The van der Waals surface area contributed by atoms with Crippen molar-refractivity contribution in [2.24, 2.45) is 0 Å². The van der Waals surface area contributed by atoms with E-state index in [0.717, 1.165) is 30.4 Å². The number of ether oxygens (including phenoxy) is 1. The fraction of sp³-hybridized carbons (Fsp3) is 0.462. The van der Waals surface area contributed by atoms with Crippen LogP contribution in [-0.2, 0) is 0 Å². The molecule has 2 heteroatoms. The molecule has 1 aliphatic carbocycles. The van der Waals surface area contributed by atoms with Gasteiger partial charge in [-0.15, -0.1) is 0 Å². The first kappa shape index (κ1) is 10.2. The Balaban J connectivity index is 2.27. The van der Waals surface area contributed by atoms with Gasteiger partial charge in [-0.2, -0.15) is 0 Å². The normalized spacial score (nSPS) is 15.4. The van der Waals surface area contributed by atoms with Crippen LogP contribution in [0.4, 0.5) is 0 Å². The standard InChI is InChI=1S/C13H16O2/c1-9(2)11-5-10(8-14)6-13(7-11)15-12-3-4-12/h5-9,12H,3-4H2,1-2H3. The average molecular weight is 204 g/mol. The lowest BCUT2D eigenvalue weighted by molar-refractivity contribution is 0.112. The second-order valence-corrected chi connectivity index (χ2v) is 4.43. The monoisotopic (exact) mass is 204 g/mol. The minimum absolute atomic E-state index is 0.381. The summed E-state index contributed by atoms with van der Waals surface area (Å²) in [5.41, 5.74) is 1.87. The highest BCUT2D eigenvalue weighted by molar-refractivity contribution is 5.76. The molecule has 0 spiro atoms. The molecule has 0 atom stereocenters. The fourth-order valence-corrected chi connectivity index (χ4v) is 1.49. The van der Waals surface area contributed by atoms with E-state index in [0.29, 0.717) is 17.6 Å². The average Bonchev–Trinajstić information content (AvgIpc) is 3.01. The molecule has 0 heterocycles. The molecule has 0 N–H and O–H groups in total. The summed E-state index contributed by atoms with van der Waals surface area (Å²) in [7, 11) is 0. The van der Waals surface area contributed by atoms with E-state index in [9.17, 15) is 4.79 Å². The van der Waals surface area contributed by atoms with Crippen molar-refractivity contribution in [1.29, 1.82) is 0 Å². The summed E-state index contributed by atoms with van der Waals surface area (Å²) >= 11 is 0. The summed E-state index contributed by atoms with van der Waals surface area (Å²) in [6, 6.07) is 5.78. The van der Waals surface area contributed by atoms with E-state index in [-0.39, 0.29) is 0 Å². The van der Waals surface area contributed by atoms with Crippen LogP contribution < -0.4 is 4.74 Å². The Hall–Kier alpha value is -1.31. The van der Waals surface area contributed by atoms with Crippen molar-refractivity contribution in [1.82, 2.24) is 0 Å². The number of rotatable bonds is 4. The summed E-state index contributed by atoms with van der Waals surface area (Å²) < 4.78 is 5.70. The van der Waals surface area contributed by atoms with Gasteiger partial charge >= 0.3 is 0 Å². The van der Waals surface area contributed by atoms with Crippen LogP contribution >= 0.6 is 0 Å². The lowest BCUT2D eigenvalue weighted by Gasteiger charge is -2.10. The summed E-state index contributed by atoms with van der Waals surface area (Å²) in [4.78, 5) is 10.8. The Labute approximate surface area is 90.3 Å². The minimum atomic E-state index is 0.381. The number of hydrogen-bond donors (Lipinski definition) is 0. The van der Waals surface area contributed by atoms with Crippen molar-refractivity contribution in [3.8, 4) is 5.75 Å². The van der Waals surface area contributed by atoms with Gasteiger partial charge in [0.2, 0.25) is 0 Å². The summed E-state index contributed by atoms with van der Waals surface area (Å²) in [5, 5.41) is 0. The Morgan fingerprint density at radius 2 is 2.07 bits per heavy atom. The van der Waals surface area contributed by atoms with E-state index in [4.69, 9.17) is 4.74 Å². The van der Waals surface area contributed by atoms with Gasteiger partial charge in [-0.1, -0.05) is 13.8 Å². The first-order valence-electron chi connectivity index (χ1n) is 5.46. The molecule has 0 aliphatic heterocycles. The molecule has 1 saturated carbocycles. The molecule has 0 bridgehead atoms. The Kier molecular flexibility index (Phi) is 2.76. The number of carbonyl (C=O) groups is 1. The second-order valence-electron chi connectivity index (χ2n) is 4.43. The highest BCUT2D eigenvalue weighted by Crippen LogP contribution is 2.29. The van der Waals surface area contributed by atoms with Gasteiger partial charge in [-0.25, -0.2) is 0 Å². The fourth-order valence-electron chi connectivity index (χ4n) is 1.49. The lowest BCUT2D eigenvalue weighted by atomic mass is 10.0. The molecule has 1 aromatic rings. The Bertz CT molecular complexity index is 365. The maximum Gasteiger partial charge on any atom is 0.150 e. The predicted octanol–water partition coefficient (Wildman–Crippen LogP) is 3.16. The largest absolute Gasteiger partial charge is 0.490 e. The van der Waals surface area contributed by atoms with E-state index in [1.807, 2.05) is 18.2 Å². The van der Waals surface area contributed by atoms with Crippen molar-refractivity contribution in [3.05, 3.63) is 29.3 Å². The molecular formula is C13H16O2. The summed E-state index contributed by atoms with van der Waals surface area (Å²) in [6.07, 6.45) is 3.54. The molecule has 0 amide bonds. The van der Waals surface area contributed by atoms with E-state index >= 15 is 0 Å². The quantitative estimate of drug-likeness (QED) is 0.704. The lowest BCUT2D eigenvalue weighted by Crippen LogP contribution is -1.99. The van der Waals surface area contributed by atoms with Crippen LogP contribution in [-0.4, -0.2) is 12.4 Å². The number of aldehydes is 1. The highest BCUT2D eigenvalue weighted by atomic mass is 16.5. The predicted molar refractivity (Wildman–Crippen MR) is 59.6 cm³/mol. The third kappa shape index (κ3) is 2.58. The molecule has 0 radical (unpaired) electrons. The van der Waals surface area contributed by atoms with Crippen LogP contribution in [0.1, 0.15) is 48.5 Å². The van der Waals surface area contributed by atoms with Crippen LogP contribution in [0.15, 0.2) is 18.2 Å². The molecule has 15 heavy (non-hydrogen) atoms. The van der Waals surface area contributed by atoms with Gasteiger partial charge in [0.05, 0.1) is 6.10 Å². The maximum absolute atomic E-state index is 10.8. The van der Waals surface area contributed by atoms with Crippen LogP contribution in [0.25, 0.3) is 0 Å². The number of carbonyl (C=O) groups excluding carboxylic acids is 1. The second kappa shape index (κ2) is 4.05. The number of benzene rings is 1. The molecule has 2 rings (SSSR count). The van der Waals surface area contributed by atoms with Gasteiger partial charge < -0.3 is 4.74 Å². The van der Waals surface area contributed by atoms with E-state index < -0.39 is 0 Å². The zero-order chi connectivity index (χ0) is 10.8. The third-order valence-electron chi connectivity index (χ3n) is 2.58. The molecule has 0 aromatic heterocycles. The SMILES string of the molecule is CC(C)c1cc(C=O)cc(OC2CC2)c1. The van der Waals surface area contributed by atoms with E-state index in [1.165, 1.54) is 0 Å². The van der Waals surface area contributed by atoms with Crippen molar-refractivity contribution in [3.63, 3.8) is 0 Å². The molecule has 2 nitrogen and oxygen atoms in total. The van der Waals surface area contributed by atoms with Gasteiger partial charge in [0.1, 0.15) is 12.0 Å². The molecule has 0 unspecified atom stereocenters. The van der Waals surface area contributed by atoms with Gasteiger partial charge in [-0.3, -0.25) is 4.79 Å². The van der Waals surface area contributed by atoms with Crippen molar-refractivity contribution in [2.45, 2.75) is 38.7 Å². The zero-order valence-electron chi connectivity index (χ0n) is 9.19. The smallest absolute Gasteiger partial charge is 0.150 e. The van der Waals surface area contributed by atoms with E-state index in [1.54, 1.807) is 0 Å². The van der Waals surface area contributed by atoms with Crippen LogP contribution in [0.3, 0.4) is 0 Å². The third-order valence-corrected chi connectivity index (χ3v) is 2.58.